The summed E-state index contributed by atoms with van der Waals surface area (Å²) in [7, 11) is 0. The number of hydrogen-bond donors (Lipinski definition) is 1. The highest BCUT2D eigenvalue weighted by atomic mass is 16.6. The number of aromatic nitrogens is 2. The lowest BCUT2D eigenvalue weighted by molar-refractivity contribution is 0.159. The molecule has 13 heavy (non-hydrogen) atoms. The summed E-state index contributed by atoms with van der Waals surface area (Å²) in [5, 5.41) is 4.13. The Hall–Kier alpha value is -1.39. The quantitative estimate of drug-likeness (QED) is 0.731. The van der Waals surface area contributed by atoms with Crippen molar-refractivity contribution < 1.29 is 9.47 Å². The molecule has 72 valence electrons. The summed E-state index contributed by atoms with van der Waals surface area (Å²) in [6.45, 7) is 4.01. The molecule has 0 aromatic carbocycles. The van der Waals surface area contributed by atoms with E-state index in [1.165, 1.54) is 0 Å². The molecule has 0 bridgehead atoms. The molecule has 5 heteroatoms. The summed E-state index contributed by atoms with van der Waals surface area (Å²) in [6, 6.07) is 0. The molecule has 0 atom stereocenters. The minimum Gasteiger partial charge on any atom is -0.482 e. The van der Waals surface area contributed by atoms with Crippen molar-refractivity contribution >= 4 is 5.82 Å². The highest BCUT2D eigenvalue weighted by Gasteiger charge is 2.21. The standard InChI is InChI=1S/C8H13N3O2/c1-2-3-11-8-6(7(9)10-11)12-4-5-13-8/h2-5H2,1H3,(H2,9,10). The molecule has 0 spiro atoms. The van der Waals surface area contributed by atoms with Crippen molar-refractivity contribution in [2.75, 3.05) is 18.9 Å². The van der Waals surface area contributed by atoms with Gasteiger partial charge in [0.2, 0.25) is 5.75 Å². The zero-order chi connectivity index (χ0) is 9.26. The molecule has 1 aliphatic heterocycles. The third-order valence-corrected chi connectivity index (χ3v) is 1.89. The third kappa shape index (κ3) is 1.30. The van der Waals surface area contributed by atoms with Crippen molar-refractivity contribution in [3.63, 3.8) is 0 Å². The molecule has 2 rings (SSSR count). The number of aryl methyl sites for hydroxylation is 1. The average Bonchev–Trinajstić information content (AvgIpc) is 2.46. The van der Waals surface area contributed by atoms with Gasteiger partial charge in [0.1, 0.15) is 13.2 Å². The Morgan fingerprint density at radius 1 is 1.46 bits per heavy atom. The smallest absolute Gasteiger partial charge is 0.258 e. The lowest BCUT2D eigenvalue weighted by Gasteiger charge is -2.15. The number of fused-ring (bicyclic) bond motifs is 1. The number of hydrogen-bond acceptors (Lipinski definition) is 4. The number of nitrogen functional groups attached to an aromatic ring is 1. The van der Waals surface area contributed by atoms with Crippen LogP contribution in [0, 0.1) is 0 Å². The van der Waals surface area contributed by atoms with Gasteiger partial charge in [0.25, 0.3) is 5.88 Å². The predicted molar refractivity (Wildman–Crippen MR) is 47.9 cm³/mol. The summed E-state index contributed by atoms with van der Waals surface area (Å²) in [5.41, 5.74) is 5.66. The van der Waals surface area contributed by atoms with Crippen molar-refractivity contribution in [2.24, 2.45) is 0 Å². The first-order valence-corrected chi connectivity index (χ1v) is 4.44. The second-order valence-corrected chi connectivity index (χ2v) is 2.94. The van der Waals surface area contributed by atoms with E-state index < -0.39 is 0 Å². The summed E-state index contributed by atoms with van der Waals surface area (Å²) in [4.78, 5) is 0. The molecule has 0 unspecified atom stereocenters. The van der Waals surface area contributed by atoms with Crippen molar-refractivity contribution in [1.29, 1.82) is 0 Å². The van der Waals surface area contributed by atoms with Gasteiger partial charge in [-0.2, -0.15) is 0 Å². The first kappa shape index (κ1) is 8.22. The van der Waals surface area contributed by atoms with Gasteiger partial charge in [-0.1, -0.05) is 6.92 Å². The highest BCUT2D eigenvalue weighted by Crippen LogP contribution is 2.35. The molecular formula is C8H13N3O2. The van der Waals surface area contributed by atoms with Crippen molar-refractivity contribution in [3.05, 3.63) is 0 Å². The van der Waals surface area contributed by atoms with Gasteiger partial charge < -0.3 is 15.2 Å². The van der Waals surface area contributed by atoms with E-state index in [-0.39, 0.29) is 0 Å². The van der Waals surface area contributed by atoms with Crippen molar-refractivity contribution in [2.45, 2.75) is 19.9 Å². The summed E-state index contributed by atoms with van der Waals surface area (Å²) in [5.74, 6) is 1.69. The zero-order valence-electron chi connectivity index (χ0n) is 7.62. The second kappa shape index (κ2) is 3.16. The highest BCUT2D eigenvalue weighted by molar-refractivity contribution is 5.53. The molecule has 0 aliphatic carbocycles. The van der Waals surface area contributed by atoms with Crippen LogP contribution >= 0.6 is 0 Å². The molecule has 1 aliphatic rings. The third-order valence-electron chi connectivity index (χ3n) is 1.89. The topological polar surface area (TPSA) is 62.3 Å². The van der Waals surface area contributed by atoms with Crippen LogP contribution in [-0.4, -0.2) is 23.0 Å². The van der Waals surface area contributed by atoms with Crippen LogP contribution in [0.1, 0.15) is 13.3 Å². The Labute approximate surface area is 76.4 Å². The molecule has 0 saturated carbocycles. The van der Waals surface area contributed by atoms with Gasteiger partial charge in [-0.25, -0.2) is 4.68 Å². The van der Waals surface area contributed by atoms with Gasteiger partial charge in [0.15, 0.2) is 5.82 Å². The van der Waals surface area contributed by atoms with E-state index in [4.69, 9.17) is 15.2 Å². The van der Waals surface area contributed by atoms with E-state index in [2.05, 4.69) is 12.0 Å². The first-order chi connectivity index (χ1) is 6.33. The number of nitrogens with two attached hydrogens (primary N) is 1. The van der Waals surface area contributed by atoms with Crippen LogP contribution in [0.2, 0.25) is 0 Å². The lowest BCUT2D eigenvalue weighted by atomic mass is 10.4. The maximum atomic E-state index is 5.66. The fourth-order valence-electron chi connectivity index (χ4n) is 1.37. The van der Waals surface area contributed by atoms with E-state index in [1.54, 1.807) is 4.68 Å². The van der Waals surface area contributed by atoms with Crippen LogP contribution in [0.3, 0.4) is 0 Å². The Balaban J connectivity index is 2.36. The molecule has 2 heterocycles. The monoisotopic (exact) mass is 183 g/mol. The van der Waals surface area contributed by atoms with E-state index in [0.29, 0.717) is 30.7 Å². The van der Waals surface area contributed by atoms with E-state index in [1.807, 2.05) is 0 Å². The van der Waals surface area contributed by atoms with Gasteiger partial charge in [0.05, 0.1) is 0 Å². The summed E-state index contributed by atoms with van der Waals surface area (Å²) >= 11 is 0. The first-order valence-electron chi connectivity index (χ1n) is 4.44. The zero-order valence-corrected chi connectivity index (χ0v) is 7.62. The lowest BCUT2D eigenvalue weighted by Crippen LogP contribution is -2.17. The largest absolute Gasteiger partial charge is 0.482 e. The van der Waals surface area contributed by atoms with Gasteiger partial charge in [-0.15, -0.1) is 5.10 Å². The molecule has 0 amide bonds. The van der Waals surface area contributed by atoms with Crippen LogP contribution in [0.5, 0.6) is 11.6 Å². The maximum absolute atomic E-state index is 5.66. The van der Waals surface area contributed by atoms with Crippen molar-refractivity contribution in [3.8, 4) is 11.6 Å². The SMILES string of the molecule is CCCn1nc(N)c2c1OCCO2. The molecule has 0 saturated heterocycles. The fourth-order valence-corrected chi connectivity index (χ4v) is 1.37. The Morgan fingerprint density at radius 2 is 2.23 bits per heavy atom. The molecule has 0 radical (unpaired) electrons. The molecule has 5 nitrogen and oxygen atoms in total. The molecule has 1 aromatic rings. The molecule has 0 fully saturated rings. The molecule has 1 aromatic heterocycles. The van der Waals surface area contributed by atoms with Crippen LogP contribution in [-0.2, 0) is 6.54 Å². The summed E-state index contributed by atoms with van der Waals surface area (Å²) < 4.78 is 12.5. The normalized spacial score (nSPS) is 14.5. The van der Waals surface area contributed by atoms with Crippen molar-refractivity contribution in [1.82, 2.24) is 9.78 Å². The summed E-state index contributed by atoms with van der Waals surface area (Å²) in [6.07, 6.45) is 0.997. The minimum absolute atomic E-state index is 0.420. The maximum Gasteiger partial charge on any atom is 0.258 e. The average molecular weight is 183 g/mol. The Kier molecular flexibility index (Phi) is 2.00. The number of nitrogens with zero attached hydrogens (tertiary/aromatic N) is 2. The van der Waals surface area contributed by atoms with Gasteiger partial charge in [-0.3, -0.25) is 0 Å². The van der Waals surface area contributed by atoms with E-state index >= 15 is 0 Å². The minimum atomic E-state index is 0.420. The number of rotatable bonds is 2. The van der Waals surface area contributed by atoms with Crippen LogP contribution < -0.4 is 15.2 Å². The van der Waals surface area contributed by atoms with Gasteiger partial charge in [-0.05, 0) is 6.42 Å². The van der Waals surface area contributed by atoms with Gasteiger partial charge in [0, 0.05) is 6.54 Å². The fraction of sp³-hybridized carbons (Fsp3) is 0.625. The van der Waals surface area contributed by atoms with Crippen LogP contribution in [0.4, 0.5) is 5.82 Å². The van der Waals surface area contributed by atoms with Gasteiger partial charge >= 0.3 is 0 Å². The molecular weight excluding hydrogens is 170 g/mol. The van der Waals surface area contributed by atoms with Crippen LogP contribution in [0.15, 0.2) is 0 Å². The van der Waals surface area contributed by atoms with E-state index in [9.17, 15) is 0 Å². The van der Waals surface area contributed by atoms with E-state index in [0.717, 1.165) is 13.0 Å². The Morgan fingerprint density at radius 3 is 3.00 bits per heavy atom. The van der Waals surface area contributed by atoms with Crippen LogP contribution in [0.25, 0.3) is 0 Å². The predicted octanol–water partition coefficient (Wildman–Crippen LogP) is 0.646. The molecule has 2 N–H and O–H groups in total. The number of anilines is 1. The Bertz CT molecular complexity index is 309. The second-order valence-electron chi connectivity index (χ2n) is 2.94. The number of ether oxygens (including phenoxy) is 2.